The number of aromatic nitrogens is 2. The Morgan fingerprint density at radius 2 is 1.62 bits per heavy atom. The molecule has 0 saturated carbocycles. The zero-order valence-electron chi connectivity index (χ0n) is 14.4. The van der Waals surface area contributed by atoms with Gasteiger partial charge in [0.2, 0.25) is 0 Å². The summed E-state index contributed by atoms with van der Waals surface area (Å²) in [5.41, 5.74) is 1.54. The van der Waals surface area contributed by atoms with Crippen molar-refractivity contribution in [1.82, 2.24) is 9.97 Å². The van der Waals surface area contributed by atoms with Gasteiger partial charge in [-0.25, -0.2) is 4.98 Å². The van der Waals surface area contributed by atoms with Crippen molar-refractivity contribution < 1.29 is 0 Å². The van der Waals surface area contributed by atoms with E-state index in [2.05, 4.69) is 37.3 Å². The minimum absolute atomic E-state index is 0.246. The number of nitrogens with one attached hydrogen (secondary N) is 1. The molecule has 0 aliphatic rings. The molecule has 0 atom stereocenters. The number of rotatable bonds is 12. The molecule has 21 heavy (non-hydrogen) atoms. The van der Waals surface area contributed by atoms with Crippen molar-refractivity contribution in [3.8, 4) is 0 Å². The predicted octanol–water partition coefficient (Wildman–Crippen LogP) is 6.25. The second-order valence-corrected chi connectivity index (χ2v) is 6.57. The van der Waals surface area contributed by atoms with E-state index in [0.29, 0.717) is 0 Å². The Morgan fingerprint density at radius 1 is 1.05 bits per heavy atom. The van der Waals surface area contributed by atoms with Crippen LogP contribution in [-0.4, -0.2) is 9.97 Å². The zero-order valence-corrected chi connectivity index (χ0v) is 14.4. The van der Waals surface area contributed by atoms with E-state index in [0.717, 1.165) is 5.82 Å². The number of nitrogens with zero attached hydrogens (tertiary/aromatic N) is 1. The highest BCUT2D eigenvalue weighted by molar-refractivity contribution is 5.37. The number of aromatic amines is 1. The van der Waals surface area contributed by atoms with Crippen molar-refractivity contribution in [1.29, 1.82) is 0 Å². The molecule has 120 valence electrons. The predicted molar refractivity (Wildman–Crippen MR) is 93.5 cm³/mol. The summed E-state index contributed by atoms with van der Waals surface area (Å²) in [6.45, 7) is 10.8. The van der Waals surface area contributed by atoms with Crippen molar-refractivity contribution in [3.05, 3.63) is 24.3 Å². The SMILES string of the molecule is C=Cc1ncc(C(C)(CCCCCC)CCCCCC)[nH]1. The van der Waals surface area contributed by atoms with Crippen LogP contribution in [0.4, 0.5) is 0 Å². The Balaban J connectivity index is 2.64. The lowest BCUT2D eigenvalue weighted by Crippen LogP contribution is -2.22. The minimum atomic E-state index is 0.246. The summed E-state index contributed by atoms with van der Waals surface area (Å²) in [5, 5.41) is 0. The highest BCUT2D eigenvalue weighted by Gasteiger charge is 2.27. The second-order valence-electron chi connectivity index (χ2n) is 6.57. The maximum atomic E-state index is 4.42. The lowest BCUT2D eigenvalue weighted by Gasteiger charge is -2.29. The zero-order chi connectivity index (χ0) is 15.6. The Kier molecular flexibility index (Phi) is 8.41. The largest absolute Gasteiger partial charge is 0.342 e. The molecule has 0 aliphatic carbocycles. The Labute approximate surface area is 131 Å². The van der Waals surface area contributed by atoms with Gasteiger partial charge in [-0.2, -0.15) is 0 Å². The highest BCUT2D eigenvalue weighted by atomic mass is 14.9. The minimum Gasteiger partial charge on any atom is -0.342 e. The van der Waals surface area contributed by atoms with Crippen LogP contribution in [0.15, 0.2) is 12.8 Å². The summed E-state index contributed by atoms with van der Waals surface area (Å²) < 4.78 is 0. The number of imidazole rings is 1. The van der Waals surface area contributed by atoms with Gasteiger partial charge in [0, 0.05) is 17.3 Å². The molecule has 0 amide bonds. The standard InChI is InChI=1S/C19H34N2/c1-5-8-10-12-14-19(4,15-13-11-9-6-2)17-16-20-18(7-3)21-17/h7,16H,3,5-6,8-15H2,1-2,4H3,(H,20,21). The van der Waals surface area contributed by atoms with Gasteiger partial charge in [-0.3, -0.25) is 0 Å². The fraction of sp³-hybridized carbons (Fsp3) is 0.737. The Bertz CT molecular complexity index is 380. The molecule has 0 aliphatic heterocycles. The first-order valence-electron chi connectivity index (χ1n) is 8.84. The van der Waals surface area contributed by atoms with Crippen LogP contribution in [0.3, 0.4) is 0 Å². The van der Waals surface area contributed by atoms with Crippen molar-refractivity contribution in [2.45, 2.75) is 90.4 Å². The molecule has 1 heterocycles. The van der Waals surface area contributed by atoms with Crippen LogP contribution in [0.2, 0.25) is 0 Å². The summed E-state index contributed by atoms with van der Waals surface area (Å²) in [5.74, 6) is 0.901. The molecule has 1 rings (SSSR count). The maximum Gasteiger partial charge on any atom is 0.129 e. The van der Waals surface area contributed by atoms with E-state index in [4.69, 9.17) is 0 Å². The van der Waals surface area contributed by atoms with Gasteiger partial charge in [0.15, 0.2) is 0 Å². The van der Waals surface area contributed by atoms with E-state index in [1.165, 1.54) is 69.9 Å². The monoisotopic (exact) mass is 290 g/mol. The lowest BCUT2D eigenvalue weighted by molar-refractivity contribution is 0.356. The van der Waals surface area contributed by atoms with Crippen LogP contribution in [-0.2, 0) is 5.41 Å². The molecule has 0 radical (unpaired) electrons. The normalized spacial score (nSPS) is 11.8. The van der Waals surface area contributed by atoms with Gasteiger partial charge < -0.3 is 4.98 Å². The molecule has 0 saturated heterocycles. The van der Waals surface area contributed by atoms with E-state index in [1.54, 1.807) is 6.08 Å². The van der Waals surface area contributed by atoms with Crippen LogP contribution < -0.4 is 0 Å². The fourth-order valence-corrected chi connectivity index (χ4v) is 3.03. The van der Waals surface area contributed by atoms with Crippen LogP contribution in [0.25, 0.3) is 6.08 Å². The quantitative estimate of drug-likeness (QED) is 0.453. The third-order valence-corrected chi connectivity index (χ3v) is 4.60. The first-order chi connectivity index (χ1) is 10.2. The Morgan fingerprint density at radius 3 is 2.05 bits per heavy atom. The summed E-state index contributed by atoms with van der Waals surface area (Å²) in [4.78, 5) is 7.87. The van der Waals surface area contributed by atoms with Crippen LogP contribution in [0.5, 0.6) is 0 Å². The summed E-state index contributed by atoms with van der Waals surface area (Å²) in [7, 11) is 0. The summed E-state index contributed by atoms with van der Waals surface area (Å²) in [6, 6.07) is 0. The van der Waals surface area contributed by atoms with Gasteiger partial charge in [-0.15, -0.1) is 0 Å². The molecule has 0 fully saturated rings. The first kappa shape index (κ1) is 18.0. The first-order valence-corrected chi connectivity index (χ1v) is 8.84. The van der Waals surface area contributed by atoms with E-state index in [-0.39, 0.29) is 5.41 Å². The topological polar surface area (TPSA) is 28.7 Å². The molecular formula is C19H34N2. The van der Waals surface area contributed by atoms with E-state index < -0.39 is 0 Å². The van der Waals surface area contributed by atoms with E-state index in [9.17, 15) is 0 Å². The Hall–Kier alpha value is -1.05. The van der Waals surface area contributed by atoms with E-state index in [1.807, 2.05) is 6.20 Å². The molecule has 2 heteroatoms. The summed E-state index contributed by atoms with van der Waals surface area (Å²) >= 11 is 0. The van der Waals surface area contributed by atoms with E-state index >= 15 is 0 Å². The molecule has 1 aromatic rings. The molecular weight excluding hydrogens is 256 g/mol. The van der Waals surface area contributed by atoms with Crippen LogP contribution in [0.1, 0.15) is 96.5 Å². The van der Waals surface area contributed by atoms with Gasteiger partial charge in [-0.1, -0.05) is 78.7 Å². The molecule has 2 nitrogen and oxygen atoms in total. The molecule has 0 bridgehead atoms. The molecule has 0 aromatic carbocycles. The third-order valence-electron chi connectivity index (χ3n) is 4.60. The number of unbranched alkanes of at least 4 members (excludes halogenated alkanes) is 6. The number of hydrogen-bond donors (Lipinski definition) is 1. The van der Waals surface area contributed by atoms with Gasteiger partial charge in [0.05, 0.1) is 0 Å². The lowest BCUT2D eigenvalue weighted by atomic mass is 9.77. The molecule has 0 spiro atoms. The summed E-state index contributed by atoms with van der Waals surface area (Å²) in [6.07, 6.45) is 17.0. The average Bonchev–Trinajstić information content (AvgIpc) is 2.98. The highest BCUT2D eigenvalue weighted by Crippen LogP contribution is 2.34. The van der Waals surface area contributed by atoms with Gasteiger partial charge in [0.1, 0.15) is 5.82 Å². The third kappa shape index (κ3) is 6.07. The molecule has 1 N–H and O–H groups in total. The van der Waals surface area contributed by atoms with Crippen LogP contribution >= 0.6 is 0 Å². The van der Waals surface area contributed by atoms with Crippen molar-refractivity contribution >= 4 is 6.08 Å². The van der Waals surface area contributed by atoms with Gasteiger partial charge >= 0.3 is 0 Å². The van der Waals surface area contributed by atoms with Crippen molar-refractivity contribution in [2.75, 3.05) is 0 Å². The van der Waals surface area contributed by atoms with Gasteiger partial charge in [-0.05, 0) is 18.9 Å². The molecule has 0 unspecified atom stereocenters. The van der Waals surface area contributed by atoms with Crippen molar-refractivity contribution in [3.63, 3.8) is 0 Å². The number of hydrogen-bond acceptors (Lipinski definition) is 1. The fourth-order valence-electron chi connectivity index (χ4n) is 3.03. The number of H-pyrrole nitrogens is 1. The van der Waals surface area contributed by atoms with Crippen LogP contribution in [0, 0.1) is 0 Å². The smallest absolute Gasteiger partial charge is 0.129 e. The molecule has 1 aromatic heterocycles. The second kappa shape index (κ2) is 9.81. The van der Waals surface area contributed by atoms with Gasteiger partial charge in [0.25, 0.3) is 0 Å². The average molecular weight is 290 g/mol. The van der Waals surface area contributed by atoms with Crippen molar-refractivity contribution in [2.24, 2.45) is 0 Å². The maximum absolute atomic E-state index is 4.42.